The molecule has 1 spiro atoms. The van der Waals surface area contributed by atoms with Gasteiger partial charge in [-0.15, -0.1) is 0 Å². The van der Waals surface area contributed by atoms with Crippen molar-refractivity contribution in [3.8, 4) is 0 Å². The zero-order valence-corrected chi connectivity index (χ0v) is 22.3. The van der Waals surface area contributed by atoms with Crippen molar-refractivity contribution < 1.29 is 23.6 Å². The molecule has 0 radical (unpaired) electrons. The number of likely N-dealkylation sites (tertiary alicyclic amines) is 1. The van der Waals surface area contributed by atoms with Crippen molar-refractivity contribution in [2.45, 2.75) is 84.1 Å². The van der Waals surface area contributed by atoms with E-state index in [0.29, 0.717) is 6.54 Å². The predicted octanol–water partition coefficient (Wildman–Crippen LogP) is 3.30. The van der Waals surface area contributed by atoms with Gasteiger partial charge in [0, 0.05) is 6.54 Å². The standard InChI is InChI=1S/C26H37BN4O5/c1-15(2)20(30-23(33)34-7)22(32)31-14-26(10-11-26)13-19(31)21-28-17-9-8-16(12-18(17)29-21)27-35-24(3,4)25(5,6)36-27/h8-9,12,15,19-20H,10-11,13-14H2,1-7H3,(H,28,29)(H,30,33). The maximum absolute atomic E-state index is 13.7. The summed E-state index contributed by atoms with van der Waals surface area (Å²) in [5.41, 5.74) is 1.97. The molecule has 1 aromatic heterocycles. The lowest BCUT2D eigenvalue weighted by Crippen LogP contribution is -2.51. The van der Waals surface area contributed by atoms with Crippen molar-refractivity contribution in [1.82, 2.24) is 20.2 Å². The van der Waals surface area contributed by atoms with Crippen LogP contribution in [0.4, 0.5) is 4.79 Å². The molecule has 0 bridgehead atoms. The summed E-state index contributed by atoms with van der Waals surface area (Å²) in [6.45, 7) is 12.7. The number of aromatic nitrogens is 2. The van der Waals surface area contributed by atoms with Crippen LogP contribution >= 0.6 is 0 Å². The molecule has 3 heterocycles. The summed E-state index contributed by atoms with van der Waals surface area (Å²) in [7, 11) is 0.850. The number of methoxy groups -OCH3 is 1. The second-order valence-electron chi connectivity index (χ2n) is 12.0. The van der Waals surface area contributed by atoms with Crippen LogP contribution in [0.3, 0.4) is 0 Å². The minimum atomic E-state index is -0.659. The quantitative estimate of drug-likeness (QED) is 0.616. The lowest BCUT2D eigenvalue weighted by Gasteiger charge is -2.32. The van der Waals surface area contributed by atoms with Gasteiger partial charge in [0.15, 0.2) is 0 Å². The largest absolute Gasteiger partial charge is 0.494 e. The number of carbonyl (C=O) groups is 2. The van der Waals surface area contributed by atoms with Crippen molar-refractivity contribution in [2.75, 3.05) is 13.7 Å². The highest BCUT2D eigenvalue weighted by molar-refractivity contribution is 6.62. The van der Waals surface area contributed by atoms with Crippen LogP contribution in [0.15, 0.2) is 18.2 Å². The normalized spacial score (nSPS) is 24.5. The molecule has 1 aromatic carbocycles. The van der Waals surface area contributed by atoms with Crippen LogP contribution in [-0.4, -0.2) is 64.9 Å². The summed E-state index contributed by atoms with van der Waals surface area (Å²) in [6.07, 6.45) is 2.48. The minimum absolute atomic E-state index is 0.0776. The fraction of sp³-hybridized carbons (Fsp3) is 0.654. The molecule has 5 rings (SSSR count). The molecule has 1 saturated carbocycles. The number of benzene rings is 1. The van der Waals surface area contributed by atoms with Gasteiger partial charge in [0.1, 0.15) is 11.9 Å². The second-order valence-corrected chi connectivity index (χ2v) is 12.0. The number of nitrogens with one attached hydrogen (secondary N) is 2. The number of carbonyl (C=O) groups excluding carboxylic acids is 2. The average molecular weight is 496 g/mol. The number of alkyl carbamates (subject to hydrolysis) is 1. The van der Waals surface area contributed by atoms with Crippen molar-refractivity contribution >= 4 is 35.6 Å². The van der Waals surface area contributed by atoms with Crippen molar-refractivity contribution in [3.63, 3.8) is 0 Å². The number of rotatable bonds is 5. The number of hydrogen-bond donors (Lipinski definition) is 2. The number of aromatic amines is 1. The van der Waals surface area contributed by atoms with Crippen molar-refractivity contribution in [3.05, 3.63) is 24.0 Å². The molecule has 1 aliphatic carbocycles. The van der Waals surface area contributed by atoms with Crippen LogP contribution in [0.1, 0.15) is 72.7 Å². The molecule has 2 aliphatic heterocycles. The molecule has 3 fully saturated rings. The fourth-order valence-corrected chi connectivity index (χ4v) is 5.28. The van der Waals surface area contributed by atoms with E-state index in [1.54, 1.807) is 0 Å². The van der Waals surface area contributed by atoms with Crippen LogP contribution in [0.2, 0.25) is 0 Å². The number of fused-ring (bicyclic) bond motifs is 1. The summed E-state index contributed by atoms with van der Waals surface area (Å²) >= 11 is 0. The summed E-state index contributed by atoms with van der Waals surface area (Å²) < 4.78 is 17.2. The van der Waals surface area contributed by atoms with Crippen molar-refractivity contribution in [1.29, 1.82) is 0 Å². The Kier molecular flexibility index (Phi) is 5.91. The Morgan fingerprint density at radius 1 is 1.19 bits per heavy atom. The van der Waals surface area contributed by atoms with E-state index >= 15 is 0 Å². The van der Waals surface area contributed by atoms with Crippen LogP contribution in [0.25, 0.3) is 11.0 Å². The van der Waals surface area contributed by atoms with Gasteiger partial charge in [-0.1, -0.05) is 19.9 Å². The highest BCUT2D eigenvalue weighted by Gasteiger charge is 2.55. The molecular weight excluding hydrogens is 459 g/mol. The summed E-state index contributed by atoms with van der Waals surface area (Å²) in [5.74, 6) is 0.599. The number of H-pyrrole nitrogens is 1. The number of nitrogens with zero attached hydrogens (tertiary/aromatic N) is 2. The first-order valence-corrected chi connectivity index (χ1v) is 12.8. The summed E-state index contributed by atoms with van der Waals surface area (Å²) in [5, 5.41) is 2.73. The molecule has 2 aromatic rings. The Balaban J connectivity index is 1.42. The van der Waals surface area contributed by atoms with Gasteiger partial charge in [-0.05, 0) is 75.9 Å². The SMILES string of the molecule is COC(=O)NC(C(=O)N1CC2(CC2)CC1c1nc2ccc(B3OC(C)(C)C(C)(C)O3)cc2[nH]1)C(C)C. The molecule has 3 aliphatic rings. The Hall–Kier alpha value is -2.59. The molecule has 2 N–H and O–H groups in total. The Morgan fingerprint density at radius 3 is 2.44 bits per heavy atom. The lowest BCUT2D eigenvalue weighted by molar-refractivity contribution is -0.135. The third kappa shape index (κ3) is 4.28. The molecule has 2 unspecified atom stereocenters. The average Bonchev–Trinajstić information content (AvgIpc) is 3.16. The predicted molar refractivity (Wildman–Crippen MR) is 137 cm³/mol. The Bertz CT molecular complexity index is 1170. The highest BCUT2D eigenvalue weighted by Crippen LogP contribution is 2.58. The Morgan fingerprint density at radius 2 is 1.86 bits per heavy atom. The third-order valence-electron chi connectivity index (χ3n) is 8.51. The molecule has 36 heavy (non-hydrogen) atoms. The second kappa shape index (κ2) is 8.48. The van der Waals surface area contributed by atoms with Gasteiger partial charge in [0.25, 0.3) is 0 Å². The van der Waals surface area contributed by atoms with Gasteiger partial charge in [-0.2, -0.15) is 0 Å². The van der Waals surface area contributed by atoms with Gasteiger partial charge in [-0.25, -0.2) is 9.78 Å². The van der Waals surface area contributed by atoms with Crippen LogP contribution in [0.5, 0.6) is 0 Å². The molecule has 194 valence electrons. The number of ether oxygens (including phenoxy) is 1. The molecule has 2 saturated heterocycles. The van der Waals surface area contributed by atoms with E-state index in [9.17, 15) is 9.59 Å². The van der Waals surface area contributed by atoms with Crippen LogP contribution in [0, 0.1) is 11.3 Å². The highest BCUT2D eigenvalue weighted by atomic mass is 16.7. The van der Waals surface area contributed by atoms with E-state index in [4.69, 9.17) is 19.0 Å². The fourth-order valence-electron chi connectivity index (χ4n) is 5.28. The van der Waals surface area contributed by atoms with E-state index in [0.717, 1.165) is 41.6 Å². The van der Waals surface area contributed by atoms with Gasteiger partial charge >= 0.3 is 13.2 Å². The van der Waals surface area contributed by atoms with Crippen LogP contribution < -0.4 is 10.8 Å². The maximum atomic E-state index is 13.7. The summed E-state index contributed by atoms with van der Waals surface area (Å²) in [6, 6.07) is 5.16. The monoisotopic (exact) mass is 496 g/mol. The van der Waals surface area contributed by atoms with E-state index in [1.165, 1.54) is 7.11 Å². The van der Waals surface area contributed by atoms with Crippen LogP contribution in [-0.2, 0) is 18.8 Å². The first kappa shape index (κ1) is 25.1. The zero-order valence-electron chi connectivity index (χ0n) is 22.3. The first-order chi connectivity index (χ1) is 16.8. The zero-order chi connectivity index (χ0) is 26.0. The van der Waals surface area contributed by atoms with Gasteiger partial charge < -0.3 is 29.2 Å². The van der Waals surface area contributed by atoms with Crippen molar-refractivity contribution in [2.24, 2.45) is 11.3 Å². The van der Waals surface area contributed by atoms with Gasteiger partial charge in [-0.3, -0.25) is 4.79 Å². The first-order valence-electron chi connectivity index (χ1n) is 12.8. The molecule has 2 atom stereocenters. The van der Waals surface area contributed by atoms with E-state index in [2.05, 4.69) is 10.3 Å². The van der Waals surface area contributed by atoms with E-state index < -0.39 is 30.5 Å². The lowest BCUT2D eigenvalue weighted by atomic mass is 9.79. The molecule has 9 nitrogen and oxygen atoms in total. The number of amides is 2. The van der Waals surface area contributed by atoms with Gasteiger partial charge in [0.05, 0.1) is 35.4 Å². The maximum Gasteiger partial charge on any atom is 0.494 e. The molecule has 10 heteroatoms. The summed E-state index contributed by atoms with van der Waals surface area (Å²) in [4.78, 5) is 35.9. The minimum Gasteiger partial charge on any atom is -0.453 e. The van der Waals surface area contributed by atoms with E-state index in [-0.39, 0.29) is 23.3 Å². The topological polar surface area (TPSA) is 106 Å². The van der Waals surface area contributed by atoms with Gasteiger partial charge in [0.2, 0.25) is 5.91 Å². The molecular formula is C26H37BN4O5. The number of imidazole rings is 1. The number of hydrogen-bond acceptors (Lipinski definition) is 6. The Labute approximate surface area is 212 Å². The van der Waals surface area contributed by atoms with E-state index in [1.807, 2.05) is 64.6 Å². The smallest absolute Gasteiger partial charge is 0.453 e. The molecule has 2 amide bonds. The third-order valence-corrected chi connectivity index (χ3v) is 8.51.